The lowest BCUT2D eigenvalue weighted by Crippen LogP contribution is -2.34. The quantitative estimate of drug-likeness (QED) is 0.679. The zero-order chi connectivity index (χ0) is 18.9. The van der Waals surface area contributed by atoms with Crippen LogP contribution >= 0.6 is 0 Å². The van der Waals surface area contributed by atoms with Gasteiger partial charge in [0.05, 0.1) is 10.5 Å². The number of primary amides is 1. The molecule has 0 saturated heterocycles. The Morgan fingerprint density at radius 1 is 1.08 bits per heavy atom. The molecule has 1 aliphatic heterocycles. The molecule has 0 atom stereocenters. The van der Waals surface area contributed by atoms with Crippen LogP contribution in [0.1, 0.15) is 26.3 Å². The number of nitrogens with one attached hydrogen (secondary N) is 2. The van der Waals surface area contributed by atoms with E-state index in [1.54, 1.807) is 22.9 Å². The van der Waals surface area contributed by atoms with Gasteiger partial charge in [0.2, 0.25) is 0 Å². The standard InChI is InChI=1S/C16H13N3O6S/c17-16(22)19-26(23,24)10-6-4-9(5-7-10)14(20)18-13-3-1-2-11-12(13)8-25-15(11)21/h1-7H,8H2,(H,18,20)(H3,17,19,22). The highest BCUT2D eigenvalue weighted by atomic mass is 32.2. The summed E-state index contributed by atoms with van der Waals surface area (Å²) in [6, 6.07) is 8.56. The number of hydrogen-bond donors (Lipinski definition) is 3. The molecular formula is C16H13N3O6S. The zero-order valence-corrected chi connectivity index (χ0v) is 14.0. The molecular weight excluding hydrogens is 362 g/mol. The second kappa shape index (κ2) is 6.48. The Balaban J connectivity index is 1.80. The lowest BCUT2D eigenvalue weighted by atomic mass is 10.1. The van der Waals surface area contributed by atoms with Crippen LogP contribution in [0, 0.1) is 0 Å². The van der Waals surface area contributed by atoms with Gasteiger partial charge in [0, 0.05) is 16.8 Å². The number of nitrogens with two attached hydrogens (primary N) is 1. The summed E-state index contributed by atoms with van der Waals surface area (Å²) < 4.78 is 30.2. The van der Waals surface area contributed by atoms with Crippen molar-refractivity contribution in [3.63, 3.8) is 0 Å². The van der Waals surface area contributed by atoms with Crippen molar-refractivity contribution in [2.24, 2.45) is 5.73 Å². The van der Waals surface area contributed by atoms with Crippen molar-refractivity contribution >= 4 is 33.6 Å². The van der Waals surface area contributed by atoms with E-state index in [4.69, 9.17) is 10.5 Å². The number of benzene rings is 2. The molecule has 9 nitrogen and oxygen atoms in total. The molecule has 4 N–H and O–H groups in total. The first-order valence-electron chi connectivity index (χ1n) is 7.30. The summed E-state index contributed by atoms with van der Waals surface area (Å²) in [6.07, 6.45) is 0. The minimum absolute atomic E-state index is 0.0700. The van der Waals surface area contributed by atoms with Gasteiger partial charge in [0.25, 0.3) is 15.9 Å². The summed E-state index contributed by atoms with van der Waals surface area (Å²) in [5.74, 6) is -0.947. The number of fused-ring (bicyclic) bond motifs is 1. The fourth-order valence-corrected chi connectivity index (χ4v) is 3.31. The van der Waals surface area contributed by atoms with E-state index >= 15 is 0 Å². The van der Waals surface area contributed by atoms with Crippen LogP contribution in [0.4, 0.5) is 10.5 Å². The first kappa shape index (κ1) is 17.4. The topological polar surface area (TPSA) is 145 Å². The molecule has 0 radical (unpaired) electrons. The predicted molar refractivity (Wildman–Crippen MR) is 89.9 cm³/mol. The average molecular weight is 375 g/mol. The van der Waals surface area contributed by atoms with Crippen LogP contribution in [0.15, 0.2) is 47.4 Å². The summed E-state index contributed by atoms with van der Waals surface area (Å²) in [7, 11) is -4.09. The van der Waals surface area contributed by atoms with Crippen LogP contribution in [0.5, 0.6) is 0 Å². The van der Waals surface area contributed by atoms with Crippen molar-refractivity contribution < 1.29 is 27.5 Å². The first-order valence-corrected chi connectivity index (χ1v) is 8.79. The summed E-state index contributed by atoms with van der Waals surface area (Å²) in [6.45, 7) is 0.0700. The van der Waals surface area contributed by atoms with E-state index in [1.165, 1.54) is 24.3 Å². The van der Waals surface area contributed by atoms with Crippen LogP contribution < -0.4 is 15.8 Å². The number of ether oxygens (including phenoxy) is 1. The van der Waals surface area contributed by atoms with Gasteiger partial charge in [-0.3, -0.25) is 4.79 Å². The fourth-order valence-electron chi connectivity index (χ4n) is 2.44. The van der Waals surface area contributed by atoms with Crippen LogP contribution in [-0.2, 0) is 21.4 Å². The smallest absolute Gasteiger partial charge is 0.338 e. The summed E-state index contributed by atoms with van der Waals surface area (Å²) >= 11 is 0. The molecule has 26 heavy (non-hydrogen) atoms. The second-order valence-corrected chi connectivity index (χ2v) is 7.04. The Morgan fingerprint density at radius 2 is 1.77 bits per heavy atom. The summed E-state index contributed by atoms with van der Waals surface area (Å²) in [5, 5.41) is 2.66. The second-order valence-electron chi connectivity index (χ2n) is 5.36. The maximum Gasteiger partial charge on any atom is 0.338 e. The lowest BCUT2D eigenvalue weighted by Gasteiger charge is -2.09. The Morgan fingerprint density at radius 3 is 2.42 bits per heavy atom. The van der Waals surface area contributed by atoms with Crippen LogP contribution in [0.3, 0.4) is 0 Å². The molecule has 3 amide bonds. The number of urea groups is 1. The SMILES string of the molecule is NC(=O)NS(=O)(=O)c1ccc(C(=O)Nc2cccc3c2COC3=O)cc1. The maximum atomic E-state index is 12.4. The molecule has 0 aromatic heterocycles. The first-order chi connectivity index (χ1) is 12.3. The molecule has 0 saturated carbocycles. The van der Waals surface area contributed by atoms with E-state index in [0.29, 0.717) is 16.8 Å². The van der Waals surface area contributed by atoms with E-state index < -0.39 is 27.9 Å². The minimum Gasteiger partial charge on any atom is -0.457 e. The van der Waals surface area contributed by atoms with Crippen molar-refractivity contribution in [3.05, 3.63) is 59.2 Å². The van der Waals surface area contributed by atoms with Crippen LogP contribution in [0.2, 0.25) is 0 Å². The van der Waals surface area contributed by atoms with Gasteiger partial charge in [-0.2, -0.15) is 0 Å². The number of sulfonamides is 1. The summed E-state index contributed by atoms with van der Waals surface area (Å²) in [5.41, 5.74) is 6.40. The van der Waals surface area contributed by atoms with Crippen molar-refractivity contribution in [1.29, 1.82) is 0 Å². The number of esters is 1. The van der Waals surface area contributed by atoms with E-state index in [9.17, 15) is 22.8 Å². The van der Waals surface area contributed by atoms with Gasteiger partial charge in [-0.1, -0.05) is 6.07 Å². The number of carbonyl (C=O) groups excluding carboxylic acids is 3. The molecule has 0 unspecified atom stereocenters. The lowest BCUT2D eigenvalue weighted by molar-refractivity contribution is 0.0535. The third kappa shape index (κ3) is 3.35. The molecule has 2 aromatic rings. The zero-order valence-electron chi connectivity index (χ0n) is 13.2. The van der Waals surface area contributed by atoms with Gasteiger partial charge in [-0.15, -0.1) is 0 Å². The minimum atomic E-state index is -4.09. The number of carbonyl (C=O) groups is 3. The Labute approximate surface area is 148 Å². The number of amides is 3. The Bertz CT molecular complexity index is 1010. The van der Waals surface area contributed by atoms with E-state index in [0.717, 1.165) is 0 Å². The van der Waals surface area contributed by atoms with Gasteiger partial charge < -0.3 is 15.8 Å². The molecule has 10 heteroatoms. The molecule has 134 valence electrons. The van der Waals surface area contributed by atoms with Crippen LogP contribution in [0.25, 0.3) is 0 Å². The molecule has 0 aliphatic carbocycles. The van der Waals surface area contributed by atoms with Gasteiger partial charge in [-0.05, 0) is 36.4 Å². The molecule has 0 bridgehead atoms. The van der Waals surface area contributed by atoms with Gasteiger partial charge in [0.15, 0.2) is 0 Å². The highest BCUT2D eigenvalue weighted by Crippen LogP contribution is 2.27. The monoisotopic (exact) mass is 375 g/mol. The Hall–Kier alpha value is -3.40. The normalized spacial score (nSPS) is 12.8. The maximum absolute atomic E-state index is 12.4. The summed E-state index contributed by atoms with van der Waals surface area (Å²) in [4.78, 5) is 34.4. The van der Waals surface area contributed by atoms with Crippen molar-refractivity contribution in [2.75, 3.05) is 5.32 Å². The number of hydrogen-bond acceptors (Lipinski definition) is 6. The highest BCUT2D eigenvalue weighted by Gasteiger charge is 2.24. The van der Waals surface area contributed by atoms with Crippen molar-refractivity contribution in [3.8, 4) is 0 Å². The highest BCUT2D eigenvalue weighted by molar-refractivity contribution is 7.90. The van der Waals surface area contributed by atoms with Crippen molar-refractivity contribution in [2.45, 2.75) is 11.5 Å². The van der Waals surface area contributed by atoms with Gasteiger partial charge in [0.1, 0.15) is 6.61 Å². The number of rotatable bonds is 4. The fraction of sp³-hybridized carbons (Fsp3) is 0.0625. The molecule has 2 aromatic carbocycles. The number of cyclic esters (lactones) is 1. The molecule has 3 rings (SSSR count). The predicted octanol–water partition coefficient (Wildman–Crippen LogP) is 0.966. The van der Waals surface area contributed by atoms with E-state index in [1.807, 2.05) is 0 Å². The van der Waals surface area contributed by atoms with Crippen molar-refractivity contribution in [1.82, 2.24) is 4.72 Å². The van der Waals surface area contributed by atoms with Crippen LogP contribution in [-0.4, -0.2) is 26.3 Å². The van der Waals surface area contributed by atoms with Gasteiger partial charge >= 0.3 is 12.0 Å². The van der Waals surface area contributed by atoms with E-state index in [-0.39, 0.29) is 17.1 Å². The van der Waals surface area contributed by atoms with Gasteiger partial charge in [-0.25, -0.2) is 22.7 Å². The molecule has 1 heterocycles. The van der Waals surface area contributed by atoms with E-state index in [2.05, 4.69) is 5.32 Å². The average Bonchev–Trinajstić information content (AvgIpc) is 2.96. The molecule has 0 fully saturated rings. The molecule has 0 spiro atoms. The Kier molecular flexibility index (Phi) is 4.34. The third-order valence-corrected chi connectivity index (χ3v) is 5.02. The third-order valence-electron chi connectivity index (χ3n) is 3.65. The number of anilines is 1. The molecule has 1 aliphatic rings. The largest absolute Gasteiger partial charge is 0.457 e.